The third-order valence-corrected chi connectivity index (χ3v) is 5.71. The number of imide groups is 2. The van der Waals surface area contributed by atoms with Crippen LogP contribution in [-0.4, -0.2) is 35.9 Å². The summed E-state index contributed by atoms with van der Waals surface area (Å²) in [6.07, 6.45) is -3.96. The van der Waals surface area contributed by atoms with Crippen molar-refractivity contribution >= 4 is 47.2 Å². The number of barbiturate groups is 1. The van der Waals surface area contributed by atoms with Gasteiger partial charge >= 0.3 is 12.2 Å². The van der Waals surface area contributed by atoms with Gasteiger partial charge < -0.3 is 5.32 Å². The second-order valence-corrected chi connectivity index (χ2v) is 8.61. The van der Waals surface area contributed by atoms with Gasteiger partial charge in [0.2, 0.25) is 5.91 Å². The number of carbonyl (C=O) groups is 5. The molecule has 0 spiro atoms. The van der Waals surface area contributed by atoms with Crippen LogP contribution in [0.5, 0.6) is 0 Å². The molecule has 0 aromatic heterocycles. The van der Waals surface area contributed by atoms with E-state index < -0.39 is 47.1 Å². The first-order valence-corrected chi connectivity index (χ1v) is 11.6. The number of alkyl halides is 3. The molecule has 1 heterocycles. The van der Waals surface area contributed by atoms with E-state index in [9.17, 15) is 37.1 Å². The number of carbonyl (C=O) groups excluding carboxylic acids is 5. The smallest absolute Gasteiger partial charge is 0.322 e. The van der Waals surface area contributed by atoms with Crippen molar-refractivity contribution in [3.63, 3.8) is 0 Å². The molecular formula is C27H20F3N5O5. The van der Waals surface area contributed by atoms with Crippen molar-refractivity contribution in [2.75, 3.05) is 10.2 Å². The van der Waals surface area contributed by atoms with Gasteiger partial charge in [-0.1, -0.05) is 23.8 Å². The fourth-order valence-corrected chi connectivity index (χ4v) is 3.72. The monoisotopic (exact) mass is 551 g/mol. The van der Waals surface area contributed by atoms with Gasteiger partial charge in [0, 0.05) is 23.0 Å². The minimum Gasteiger partial charge on any atom is -0.322 e. The topological polar surface area (TPSA) is 137 Å². The molecule has 3 aromatic carbocycles. The van der Waals surface area contributed by atoms with E-state index in [-0.39, 0.29) is 11.5 Å². The highest BCUT2D eigenvalue weighted by Crippen LogP contribution is 2.32. The summed E-state index contributed by atoms with van der Waals surface area (Å²) in [7, 11) is 0. The standard InChI is InChI=1S/C27H20F3N5O5/c1-15-4-2-5-17(12-15)22(36)32-19-10-8-16(9-11-19)23(37)34-31-14-21-24(38)33-26(40)35(25(21)39)20-7-3-6-18(13-20)27(28,29)30/h2-14,21H,1H3,(H,32,36)(H,34,37)(H,33,38,40)/b31-14-/t21-/m1/s1. The van der Waals surface area contributed by atoms with Crippen LogP contribution in [0.2, 0.25) is 0 Å². The number of aryl methyl sites for hydroxylation is 1. The molecule has 1 fully saturated rings. The van der Waals surface area contributed by atoms with E-state index in [2.05, 4.69) is 15.8 Å². The molecule has 6 amide bonds. The van der Waals surface area contributed by atoms with Gasteiger partial charge in [-0.2, -0.15) is 18.3 Å². The number of benzene rings is 3. The Balaban J connectivity index is 1.40. The molecule has 4 rings (SSSR count). The number of hydrogen-bond donors (Lipinski definition) is 3. The van der Waals surface area contributed by atoms with E-state index in [1.165, 1.54) is 24.3 Å². The average molecular weight is 551 g/mol. The van der Waals surface area contributed by atoms with Crippen LogP contribution in [-0.2, 0) is 15.8 Å². The summed E-state index contributed by atoms with van der Waals surface area (Å²) in [4.78, 5) is 62.5. The number of hydrogen-bond acceptors (Lipinski definition) is 6. The van der Waals surface area contributed by atoms with Crippen LogP contribution in [0.1, 0.15) is 31.8 Å². The van der Waals surface area contributed by atoms with Crippen LogP contribution >= 0.6 is 0 Å². The maximum atomic E-state index is 13.1. The molecule has 0 aliphatic carbocycles. The molecule has 1 aliphatic rings. The summed E-state index contributed by atoms with van der Waals surface area (Å²) in [5, 5.41) is 8.19. The van der Waals surface area contributed by atoms with Crippen molar-refractivity contribution in [2.24, 2.45) is 11.0 Å². The fourth-order valence-electron chi connectivity index (χ4n) is 3.72. The van der Waals surface area contributed by atoms with Gasteiger partial charge in [-0.25, -0.2) is 15.1 Å². The van der Waals surface area contributed by atoms with E-state index in [0.717, 1.165) is 30.0 Å². The molecule has 0 unspecified atom stereocenters. The molecular weight excluding hydrogens is 531 g/mol. The van der Waals surface area contributed by atoms with Crippen molar-refractivity contribution in [3.8, 4) is 0 Å². The van der Waals surface area contributed by atoms with Crippen molar-refractivity contribution in [1.82, 2.24) is 10.7 Å². The highest BCUT2D eigenvalue weighted by Gasteiger charge is 2.41. The van der Waals surface area contributed by atoms with E-state index in [0.29, 0.717) is 22.2 Å². The number of nitrogens with one attached hydrogen (secondary N) is 3. The molecule has 13 heteroatoms. The van der Waals surface area contributed by atoms with Gasteiger partial charge in [-0.05, 0) is 61.5 Å². The predicted octanol–water partition coefficient (Wildman–Crippen LogP) is 3.88. The molecule has 1 saturated heterocycles. The molecule has 3 N–H and O–H groups in total. The van der Waals surface area contributed by atoms with Gasteiger partial charge in [-0.15, -0.1) is 0 Å². The lowest BCUT2D eigenvalue weighted by molar-refractivity contribution is -0.138. The second kappa shape index (κ2) is 11.2. The third kappa shape index (κ3) is 6.20. The zero-order valence-electron chi connectivity index (χ0n) is 20.7. The third-order valence-electron chi connectivity index (χ3n) is 5.71. The Kier molecular flexibility index (Phi) is 7.75. The van der Waals surface area contributed by atoms with E-state index >= 15 is 0 Å². The molecule has 1 atom stereocenters. The Morgan fingerprint density at radius 2 is 1.62 bits per heavy atom. The van der Waals surface area contributed by atoms with Crippen molar-refractivity contribution in [2.45, 2.75) is 13.1 Å². The van der Waals surface area contributed by atoms with Gasteiger partial charge in [0.05, 0.1) is 11.3 Å². The Hall–Kier alpha value is -5.33. The summed E-state index contributed by atoms with van der Waals surface area (Å²) < 4.78 is 39.2. The van der Waals surface area contributed by atoms with Crippen LogP contribution in [0, 0.1) is 12.8 Å². The summed E-state index contributed by atoms with van der Waals surface area (Å²) in [5.41, 5.74) is 2.58. The number of nitrogens with zero attached hydrogens (tertiary/aromatic N) is 2. The van der Waals surface area contributed by atoms with Crippen molar-refractivity contribution in [3.05, 3.63) is 95.1 Å². The molecule has 0 bridgehead atoms. The molecule has 0 saturated carbocycles. The summed E-state index contributed by atoms with van der Waals surface area (Å²) in [6, 6.07) is 15.0. The average Bonchev–Trinajstić information content (AvgIpc) is 2.90. The summed E-state index contributed by atoms with van der Waals surface area (Å²) in [6.45, 7) is 1.86. The normalized spacial score (nSPS) is 15.7. The van der Waals surface area contributed by atoms with Crippen molar-refractivity contribution in [1.29, 1.82) is 0 Å². The molecule has 1 aliphatic heterocycles. The second-order valence-electron chi connectivity index (χ2n) is 8.61. The molecule has 3 aromatic rings. The van der Waals surface area contributed by atoms with Gasteiger partial charge in [0.15, 0.2) is 5.92 Å². The first-order chi connectivity index (χ1) is 18.9. The highest BCUT2D eigenvalue weighted by molar-refractivity contribution is 6.32. The summed E-state index contributed by atoms with van der Waals surface area (Å²) >= 11 is 0. The number of amides is 6. The maximum Gasteiger partial charge on any atom is 0.416 e. The van der Waals surface area contributed by atoms with E-state index in [4.69, 9.17) is 0 Å². The van der Waals surface area contributed by atoms with Gasteiger partial charge in [0.1, 0.15) is 0 Å². The zero-order valence-corrected chi connectivity index (χ0v) is 20.7. The highest BCUT2D eigenvalue weighted by atomic mass is 19.4. The first-order valence-electron chi connectivity index (χ1n) is 11.6. The van der Waals surface area contributed by atoms with Crippen LogP contribution in [0.15, 0.2) is 77.9 Å². The zero-order chi connectivity index (χ0) is 29.0. The number of halogens is 3. The van der Waals surface area contributed by atoms with Crippen LogP contribution in [0.4, 0.5) is 29.3 Å². The van der Waals surface area contributed by atoms with Gasteiger partial charge in [-0.3, -0.25) is 24.5 Å². The van der Waals surface area contributed by atoms with E-state index in [1.807, 2.05) is 18.3 Å². The number of urea groups is 1. The molecule has 204 valence electrons. The Labute approximate surface area is 224 Å². The quantitative estimate of drug-likeness (QED) is 0.243. The lowest BCUT2D eigenvalue weighted by Gasteiger charge is -2.28. The largest absolute Gasteiger partial charge is 0.416 e. The fraction of sp³-hybridized carbons (Fsp3) is 0.111. The molecule has 40 heavy (non-hydrogen) atoms. The summed E-state index contributed by atoms with van der Waals surface area (Å²) in [5.74, 6) is -4.97. The van der Waals surface area contributed by atoms with Crippen LogP contribution in [0.3, 0.4) is 0 Å². The lowest BCUT2D eigenvalue weighted by Crippen LogP contribution is -2.58. The van der Waals surface area contributed by atoms with E-state index in [1.54, 1.807) is 18.2 Å². The Morgan fingerprint density at radius 3 is 2.30 bits per heavy atom. The minimum atomic E-state index is -4.73. The Morgan fingerprint density at radius 1 is 0.925 bits per heavy atom. The number of hydrazone groups is 1. The predicted molar refractivity (Wildman–Crippen MR) is 137 cm³/mol. The number of rotatable bonds is 6. The maximum absolute atomic E-state index is 13.1. The number of anilines is 2. The molecule has 10 nitrogen and oxygen atoms in total. The van der Waals surface area contributed by atoms with Gasteiger partial charge in [0.25, 0.3) is 17.7 Å². The minimum absolute atomic E-state index is 0.130. The lowest BCUT2D eigenvalue weighted by atomic mass is 10.1. The molecule has 0 radical (unpaired) electrons. The SMILES string of the molecule is Cc1cccc(C(=O)Nc2ccc(C(=O)N/N=C\[C@@H]3C(=O)NC(=O)N(c4cccc(C(F)(F)F)c4)C3=O)cc2)c1. The Bertz CT molecular complexity index is 1540. The van der Waals surface area contributed by atoms with Crippen LogP contribution in [0.25, 0.3) is 0 Å². The first kappa shape index (κ1) is 27.7. The van der Waals surface area contributed by atoms with Crippen molar-refractivity contribution < 1.29 is 37.1 Å². The van der Waals surface area contributed by atoms with Crippen LogP contribution < -0.4 is 21.0 Å².